The van der Waals surface area contributed by atoms with E-state index >= 15 is 0 Å². The number of amides is 2. The predicted molar refractivity (Wildman–Crippen MR) is 89.0 cm³/mol. The molecular formula is C16H12ClF3N2O3S. The Labute approximate surface area is 154 Å². The van der Waals surface area contributed by atoms with Crippen molar-refractivity contribution in [2.45, 2.75) is 17.9 Å². The number of Topliss-reactive ketones (excluding diaryl/α,β-unsaturated/α-hetero) is 1. The maximum atomic E-state index is 13.6. The number of hydrogen-bond acceptors (Lipinski definition) is 4. The Hall–Kier alpha value is -2.10. The molecule has 1 saturated heterocycles. The summed E-state index contributed by atoms with van der Waals surface area (Å²) in [6.07, 6.45) is -5.27. The zero-order chi connectivity index (χ0) is 19.1. The second-order valence-corrected chi connectivity index (χ2v) is 7.12. The molecule has 5 nitrogen and oxygen atoms in total. The van der Waals surface area contributed by atoms with Gasteiger partial charge in [-0.25, -0.2) is 4.79 Å². The average Bonchev–Trinajstić information content (AvgIpc) is 3.07. The first kappa shape index (κ1) is 18.7. The summed E-state index contributed by atoms with van der Waals surface area (Å²) in [5.41, 5.74) is -3.79. The minimum atomic E-state index is -5.27. The summed E-state index contributed by atoms with van der Waals surface area (Å²) in [7, 11) is 0. The number of carbonyl (C=O) groups excluding carboxylic acids is 2. The fourth-order valence-electron chi connectivity index (χ4n) is 2.84. The van der Waals surface area contributed by atoms with Gasteiger partial charge in [0.1, 0.15) is 5.92 Å². The molecule has 2 heterocycles. The third-order valence-electron chi connectivity index (χ3n) is 4.07. The molecule has 0 saturated carbocycles. The number of alkyl halides is 3. The van der Waals surface area contributed by atoms with Crippen LogP contribution in [0.3, 0.4) is 0 Å². The molecule has 0 spiro atoms. The van der Waals surface area contributed by atoms with Crippen molar-refractivity contribution in [3.63, 3.8) is 0 Å². The van der Waals surface area contributed by atoms with Gasteiger partial charge >= 0.3 is 12.2 Å². The Morgan fingerprint density at radius 1 is 1.23 bits per heavy atom. The first-order valence-corrected chi connectivity index (χ1v) is 8.60. The third kappa shape index (κ3) is 3.17. The minimum absolute atomic E-state index is 0.0680. The molecule has 3 rings (SSSR count). The van der Waals surface area contributed by atoms with E-state index in [1.54, 1.807) is 11.4 Å². The van der Waals surface area contributed by atoms with Gasteiger partial charge in [0.05, 0.1) is 6.04 Å². The van der Waals surface area contributed by atoms with Crippen LogP contribution in [0.4, 0.5) is 18.0 Å². The van der Waals surface area contributed by atoms with Crippen LogP contribution in [0.2, 0.25) is 5.02 Å². The number of nitrogens with one attached hydrogen (secondary N) is 2. The zero-order valence-corrected chi connectivity index (χ0v) is 14.5. The molecule has 0 aliphatic carbocycles. The summed E-state index contributed by atoms with van der Waals surface area (Å²) in [5, 5.41) is 16.0. The highest BCUT2D eigenvalue weighted by Crippen LogP contribution is 2.44. The van der Waals surface area contributed by atoms with Crippen LogP contribution < -0.4 is 10.6 Å². The van der Waals surface area contributed by atoms with Gasteiger partial charge in [0, 0.05) is 15.5 Å². The van der Waals surface area contributed by atoms with Crippen molar-refractivity contribution in [2.75, 3.05) is 0 Å². The lowest BCUT2D eigenvalue weighted by atomic mass is 9.79. The number of halogens is 4. The normalized spacial score (nSPS) is 26.1. The predicted octanol–water partition coefficient (Wildman–Crippen LogP) is 3.51. The monoisotopic (exact) mass is 404 g/mol. The van der Waals surface area contributed by atoms with E-state index in [0.29, 0.717) is 9.90 Å². The van der Waals surface area contributed by atoms with Gasteiger partial charge in [0.25, 0.3) is 0 Å². The van der Waals surface area contributed by atoms with Crippen molar-refractivity contribution in [3.05, 3.63) is 57.2 Å². The van der Waals surface area contributed by atoms with Crippen LogP contribution in [-0.2, 0) is 0 Å². The number of aliphatic hydroxyl groups is 1. The number of benzene rings is 1. The number of thiophene rings is 1. The lowest BCUT2D eigenvalue weighted by Crippen LogP contribution is -2.72. The molecule has 2 amide bonds. The van der Waals surface area contributed by atoms with Gasteiger partial charge in [-0.15, -0.1) is 11.3 Å². The molecule has 1 fully saturated rings. The van der Waals surface area contributed by atoms with Crippen molar-refractivity contribution in [1.82, 2.24) is 10.6 Å². The average molecular weight is 405 g/mol. The fraction of sp³-hybridized carbons (Fsp3) is 0.250. The highest BCUT2D eigenvalue weighted by molar-refractivity contribution is 7.10. The van der Waals surface area contributed by atoms with Crippen molar-refractivity contribution < 1.29 is 27.9 Å². The molecule has 1 aliphatic heterocycles. The van der Waals surface area contributed by atoms with E-state index in [9.17, 15) is 27.9 Å². The van der Waals surface area contributed by atoms with Crippen molar-refractivity contribution in [2.24, 2.45) is 5.92 Å². The minimum Gasteiger partial charge on any atom is -0.363 e. The van der Waals surface area contributed by atoms with E-state index in [1.807, 2.05) is 0 Å². The summed E-state index contributed by atoms with van der Waals surface area (Å²) in [6.45, 7) is 0. The highest BCUT2D eigenvalue weighted by atomic mass is 35.5. The Bertz CT molecular complexity index is 826. The first-order valence-electron chi connectivity index (χ1n) is 7.34. The molecule has 0 unspecified atom stereocenters. The first-order chi connectivity index (χ1) is 12.1. The van der Waals surface area contributed by atoms with E-state index in [0.717, 1.165) is 11.3 Å². The van der Waals surface area contributed by atoms with Crippen LogP contribution in [0.1, 0.15) is 21.3 Å². The molecule has 3 N–H and O–H groups in total. The van der Waals surface area contributed by atoms with Crippen LogP contribution in [0.5, 0.6) is 0 Å². The second-order valence-electron chi connectivity index (χ2n) is 5.70. The van der Waals surface area contributed by atoms with Crippen LogP contribution in [0, 0.1) is 5.92 Å². The second kappa shape index (κ2) is 6.57. The fourth-order valence-corrected chi connectivity index (χ4v) is 3.78. The van der Waals surface area contributed by atoms with Gasteiger partial charge in [-0.3, -0.25) is 4.79 Å². The number of urea groups is 1. The van der Waals surface area contributed by atoms with E-state index in [-0.39, 0.29) is 5.56 Å². The molecular weight excluding hydrogens is 393 g/mol. The summed E-state index contributed by atoms with van der Waals surface area (Å²) in [5.74, 6) is -3.01. The van der Waals surface area contributed by atoms with E-state index in [2.05, 4.69) is 5.32 Å². The summed E-state index contributed by atoms with van der Waals surface area (Å²) < 4.78 is 40.9. The zero-order valence-electron chi connectivity index (χ0n) is 12.9. The van der Waals surface area contributed by atoms with E-state index in [1.165, 1.54) is 35.6 Å². The molecule has 3 atom stereocenters. The SMILES string of the molecule is O=C1N[C@H](c2cccs2)[C@H](C(=O)c2ccc(Cl)cc2)[C@@](O)(C(F)(F)F)N1. The Morgan fingerprint density at radius 3 is 2.42 bits per heavy atom. The lowest BCUT2D eigenvalue weighted by molar-refractivity contribution is -0.287. The third-order valence-corrected chi connectivity index (χ3v) is 5.27. The number of carbonyl (C=O) groups is 2. The van der Waals surface area contributed by atoms with Gasteiger partial charge < -0.3 is 15.7 Å². The molecule has 2 aromatic rings. The van der Waals surface area contributed by atoms with Crippen molar-refractivity contribution in [3.8, 4) is 0 Å². The molecule has 26 heavy (non-hydrogen) atoms. The summed E-state index contributed by atoms with van der Waals surface area (Å²) in [4.78, 5) is 25.0. The molecule has 0 radical (unpaired) electrons. The smallest absolute Gasteiger partial charge is 0.363 e. The van der Waals surface area contributed by atoms with Gasteiger partial charge in [-0.2, -0.15) is 13.2 Å². The largest absolute Gasteiger partial charge is 0.437 e. The number of ketones is 1. The van der Waals surface area contributed by atoms with Gasteiger partial charge in [-0.05, 0) is 35.7 Å². The molecule has 1 aromatic heterocycles. The summed E-state index contributed by atoms with van der Waals surface area (Å²) in [6, 6.07) is 5.74. The molecule has 1 aliphatic rings. The molecule has 10 heteroatoms. The van der Waals surface area contributed by atoms with Gasteiger partial charge in [-0.1, -0.05) is 17.7 Å². The summed E-state index contributed by atoms with van der Waals surface area (Å²) >= 11 is 6.82. The van der Waals surface area contributed by atoms with E-state index in [4.69, 9.17) is 11.6 Å². The standard InChI is InChI=1S/C16H12ClF3N2O3S/c17-9-5-3-8(4-6-9)13(23)11-12(10-2-1-7-26-10)21-14(24)22-15(11,25)16(18,19)20/h1-7,11-12,25H,(H2,21,22,24)/t11-,12-,15-/m1/s1. The Kier molecular flexibility index (Phi) is 4.72. The Morgan fingerprint density at radius 2 is 1.88 bits per heavy atom. The molecule has 1 aromatic carbocycles. The van der Waals surface area contributed by atoms with Crippen LogP contribution >= 0.6 is 22.9 Å². The quantitative estimate of drug-likeness (QED) is 0.685. The number of rotatable bonds is 3. The lowest BCUT2D eigenvalue weighted by Gasteiger charge is -2.44. The molecule has 0 bridgehead atoms. The van der Waals surface area contributed by atoms with Crippen LogP contribution in [0.25, 0.3) is 0 Å². The van der Waals surface area contributed by atoms with Crippen molar-refractivity contribution in [1.29, 1.82) is 0 Å². The van der Waals surface area contributed by atoms with Crippen LogP contribution in [0.15, 0.2) is 41.8 Å². The Balaban J connectivity index is 2.13. The van der Waals surface area contributed by atoms with Gasteiger partial charge in [0.2, 0.25) is 5.72 Å². The maximum Gasteiger partial charge on any atom is 0.437 e. The van der Waals surface area contributed by atoms with Crippen molar-refractivity contribution >= 4 is 34.8 Å². The topological polar surface area (TPSA) is 78.4 Å². The van der Waals surface area contributed by atoms with E-state index < -0.39 is 35.7 Å². The molecule has 138 valence electrons. The number of hydrogen-bond donors (Lipinski definition) is 3. The van der Waals surface area contributed by atoms with Crippen LogP contribution in [-0.4, -0.2) is 28.8 Å². The maximum absolute atomic E-state index is 13.6. The van der Waals surface area contributed by atoms with Gasteiger partial charge in [0.15, 0.2) is 5.78 Å². The highest BCUT2D eigenvalue weighted by Gasteiger charge is 2.66.